The van der Waals surface area contributed by atoms with Crippen molar-refractivity contribution in [1.29, 1.82) is 0 Å². The minimum absolute atomic E-state index is 0.0771. The van der Waals surface area contributed by atoms with E-state index < -0.39 is 0 Å². The van der Waals surface area contributed by atoms with E-state index >= 15 is 0 Å². The summed E-state index contributed by atoms with van der Waals surface area (Å²) >= 11 is 7.33. The monoisotopic (exact) mass is 412 g/mol. The smallest absolute Gasteiger partial charge is 0.123 e. The molecular formula is C18H19Br2F. The lowest BCUT2D eigenvalue weighted by Gasteiger charge is -2.31. The molecule has 0 aliphatic rings. The van der Waals surface area contributed by atoms with E-state index in [9.17, 15) is 4.39 Å². The van der Waals surface area contributed by atoms with E-state index in [-0.39, 0.29) is 11.2 Å². The largest absolute Gasteiger partial charge is 0.207 e. The molecule has 3 heteroatoms. The summed E-state index contributed by atoms with van der Waals surface area (Å²) in [6.45, 7) is 4.13. The molecular weight excluding hydrogens is 395 g/mol. The van der Waals surface area contributed by atoms with Gasteiger partial charge in [-0.05, 0) is 49.1 Å². The summed E-state index contributed by atoms with van der Waals surface area (Å²) in [6, 6.07) is 13.6. The number of benzene rings is 2. The number of hydrogen-bond acceptors (Lipinski definition) is 0. The molecule has 0 heterocycles. The molecule has 0 aliphatic heterocycles. The molecule has 2 rings (SSSR count). The maximum atomic E-state index is 13.6. The summed E-state index contributed by atoms with van der Waals surface area (Å²) in [5.74, 6) is -0.169. The van der Waals surface area contributed by atoms with Crippen LogP contribution in [0.5, 0.6) is 0 Å². The molecule has 0 atom stereocenters. The third kappa shape index (κ3) is 3.75. The molecule has 0 saturated heterocycles. The summed E-state index contributed by atoms with van der Waals surface area (Å²) in [5, 5.41) is 1.65. The first-order valence-corrected chi connectivity index (χ1v) is 9.19. The Labute approximate surface area is 143 Å². The third-order valence-corrected chi connectivity index (χ3v) is 6.16. The number of rotatable bonds is 5. The highest BCUT2D eigenvalue weighted by molar-refractivity contribution is 9.09. The molecule has 0 nitrogen and oxygen atoms in total. The first-order valence-electron chi connectivity index (χ1n) is 6.95. The zero-order valence-electron chi connectivity index (χ0n) is 12.3. The molecule has 0 aromatic heterocycles. The van der Waals surface area contributed by atoms with Crippen LogP contribution in [0.15, 0.2) is 42.5 Å². The molecule has 0 saturated carbocycles. The van der Waals surface area contributed by atoms with E-state index in [4.69, 9.17) is 0 Å². The van der Waals surface area contributed by atoms with Crippen LogP contribution in [0.3, 0.4) is 0 Å². The number of alkyl halides is 2. The highest BCUT2D eigenvalue weighted by atomic mass is 79.9. The fraction of sp³-hybridized carbons (Fsp3) is 0.333. The molecule has 0 N–H and O–H groups in total. The second-order valence-corrected chi connectivity index (χ2v) is 6.78. The van der Waals surface area contributed by atoms with Crippen LogP contribution in [0.4, 0.5) is 4.39 Å². The summed E-state index contributed by atoms with van der Waals surface area (Å²) in [4.78, 5) is 0. The lowest BCUT2D eigenvalue weighted by Crippen LogP contribution is -2.33. The topological polar surface area (TPSA) is 0 Å². The highest BCUT2D eigenvalue weighted by Crippen LogP contribution is 2.34. The van der Waals surface area contributed by atoms with E-state index in [1.54, 1.807) is 6.07 Å². The second kappa shape index (κ2) is 7.06. The van der Waals surface area contributed by atoms with E-state index in [1.807, 2.05) is 13.0 Å². The Hall–Kier alpha value is -0.670. The summed E-state index contributed by atoms with van der Waals surface area (Å²) in [6.07, 6.45) is 0.802. The Bertz CT molecular complexity index is 601. The molecule has 0 spiro atoms. The van der Waals surface area contributed by atoms with Crippen LogP contribution >= 0.6 is 31.9 Å². The molecule has 112 valence electrons. The molecule has 0 unspecified atom stereocenters. The minimum Gasteiger partial charge on any atom is -0.207 e. The van der Waals surface area contributed by atoms with E-state index in [2.05, 4.69) is 63.0 Å². The van der Waals surface area contributed by atoms with Crippen molar-refractivity contribution >= 4 is 31.9 Å². The van der Waals surface area contributed by atoms with Crippen molar-refractivity contribution in [3.63, 3.8) is 0 Å². The Morgan fingerprint density at radius 2 is 1.57 bits per heavy atom. The predicted molar refractivity (Wildman–Crippen MR) is 95.3 cm³/mol. The van der Waals surface area contributed by atoms with Crippen LogP contribution in [-0.2, 0) is 11.8 Å². The molecule has 0 radical (unpaired) electrons. The number of hydrogen-bond donors (Lipinski definition) is 0. The van der Waals surface area contributed by atoms with Gasteiger partial charge in [-0.1, -0.05) is 67.8 Å². The fourth-order valence-corrected chi connectivity index (χ4v) is 4.46. The Morgan fingerprint density at radius 1 is 0.952 bits per heavy atom. The van der Waals surface area contributed by atoms with Gasteiger partial charge in [-0.3, -0.25) is 0 Å². The van der Waals surface area contributed by atoms with Gasteiger partial charge in [0, 0.05) is 16.1 Å². The average Bonchev–Trinajstić information content (AvgIpc) is 2.49. The fourth-order valence-electron chi connectivity index (χ4n) is 2.49. The van der Waals surface area contributed by atoms with Crippen molar-refractivity contribution in [1.82, 2.24) is 0 Å². The average molecular weight is 414 g/mol. The summed E-state index contributed by atoms with van der Waals surface area (Å²) in [7, 11) is 0. The summed E-state index contributed by atoms with van der Waals surface area (Å²) < 4.78 is 13.6. The lowest BCUT2D eigenvalue weighted by atomic mass is 9.78. The van der Waals surface area contributed by atoms with Crippen molar-refractivity contribution in [3.8, 4) is 0 Å². The maximum absolute atomic E-state index is 13.6. The van der Waals surface area contributed by atoms with Gasteiger partial charge >= 0.3 is 0 Å². The van der Waals surface area contributed by atoms with Gasteiger partial charge < -0.3 is 0 Å². The maximum Gasteiger partial charge on any atom is 0.123 e. The van der Waals surface area contributed by atoms with E-state index in [1.165, 1.54) is 17.2 Å². The lowest BCUT2D eigenvalue weighted by molar-refractivity contribution is 0.545. The van der Waals surface area contributed by atoms with Gasteiger partial charge in [0.25, 0.3) is 0 Å². The Kier molecular flexibility index (Phi) is 5.61. The van der Waals surface area contributed by atoms with Crippen LogP contribution in [0, 0.1) is 19.7 Å². The van der Waals surface area contributed by atoms with Gasteiger partial charge in [0.1, 0.15) is 5.82 Å². The third-order valence-electron chi connectivity index (χ3n) is 4.02. The predicted octanol–water partition coefficient (Wildman–Crippen LogP) is 5.71. The summed E-state index contributed by atoms with van der Waals surface area (Å²) in [5.41, 5.74) is 4.64. The molecule has 21 heavy (non-hydrogen) atoms. The van der Waals surface area contributed by atoms with Crippen LogP contribution in [0.25, 0.3) is 0 Å². The second-order valence-electron chi connectivity index (χ2n) is 5.66. The van der Waals surface area contributed by atoms with Gasteiger partial charge in [-0.2, -0.15) is 0 Å². The number of aryl methyl sites for hydroxylation is 2. The minimum atomic E-state index is -0.169. The van der Waals surface area contributed by atoms with Crippen molar-refractivity contribution in [2.24, 2.45) is 0 Å². The van der Waals surface area contributed by atoms with E-state index in [0.717, 1.165) is 28.2 Å². The van der Waals surface area contributed by atoms with Gasteiger partial charge in [-0.25, -0.2) is 4.39 Å². The normalized spacial score (nSPS) is 11.7. The zero-order valence-corrected chi connectivity index (χ0v) is 15.5. The van der Waals surface area contributed by atoms with Crippen molar-refractivity contribution in [3.05, 3.63) is 70.5 Å². The Morgan fingerprint density at radius 3 is 2.14 bits per heavy atom. The van der Waals surface area contributed by atoms with E-state index in [0.29, 0.717) is 0 Å². The van der Waals surface area contributed by atoms with Crippen molar-refractivity contribution in [2.45, 2.75) is 25.7 Å². The molecule has 0 aliphatic carbocycles. The molecule has 0 bridgehead atoms. The first kappa shape index (κ1) is 16.7. The SMILES string of the molecule is Cc1ccc(C(CBr)(CBr)Cc2cc(F)ccc2C)cc1. The highest BCUT2D eigenvalue weighted by Gasteiger charge is 2.31. The Balaban J connectivity index is 2.42. The van der Waals surface area contributed by atoms with Gasteiger partial charge in [0.15, 0.2) is 0 Å². The molecule has 0 fully saturated rings. The van der Waals surface area contributed by atoms with Crippen LogP contribution < -0.4 is 0 Å². The van der Waals surface area contributed by atoms with Gasteiger partial charge in [0.05, 0.1) is 0 Å². The standard InChI is InChI=1S/C18H19Br2F/c1-13-3-6-16(7-4-13)18(11-19,12-20)10-15-9-17(21)8-5-14(15)2/h3-9H,10-12H2,1-2H3. The number of halogens is 3. The quantitative estimate of drug-likeness (QED) is 0.550. The molecule has 2 aromatic carbocycles. The van der Waals surface area contributed by atoms with Crippen LogP contribution in [0.2, 0.25) is 0 Å². The molecule has 0 amide bonds. The zero-order chi connectivity index (χ0) is 15.5. The first-order chi connectivity index (χ1) is 10.0. The molecule has 2 aromatic rings. The van der Waals surface area contributed by atoms with Crippen LogP contribution in [0.1, 0.15) is 22.3 Å². The van der Waals surface area contributed by atoms with Crippen molar-refractivity contribution in [2.75, 3.05) is 10.7 Å². The van der Waals surface area contributed by atoms with Gasteiger partial charge in [0.2, 0.25) is 0 Å². The van der Waals surface area contributed by atoms with Gasteiger partial charge in [-0.15, -0.1) is 0 Å². The van der Waals surface area contributed by atoms with Crippen LogP contribution in [-0.4, -0.2) is 10.7 Å². The van der Waals surface area contributed by atoms with Crippen molar-refractivity contribution < 1.29 is 4.39 Å².